The molecule has 3 N–H and O–H groups in total. The van der Waals surface area contributed by atoms with Crippen LogP contribution >= 0.6 is 15.9 Å². The number of carboxylic acids is 1. The fourth-order valence-electron chi connectivity index (χ4n) is 1.31. The summed E-state index contributed by atoms with van der Waals surface area (Å²) >= 11 is 3.08. The highest BCUT2D eigenvalue weighted by atomic mass is 79.9. The SMILES string of the molecule is O=C(CNCC(F)(F)F)Nc1ccc(Br)cc1C(=O)O. The van der Waals surface area contributed by atoms with E-state index in [1.54, 1.807) is 0 Å². The first-order chi connectivity index (χ1) is 9.19. The Bertz CT molecular complexity index is 520. The Morgan fingerprint density at radius 1 is 1.30 bits per heavy atom. The van der Waals surface area contributed by atoms with Gasteiger partial charge in [-0.15, -0.1) is 0 Å². The van der Waals surface area contributed by atoms with Gasteiger partial charge in [-0.3, -0.25) is 4.79 Å². The van der Waals surface area contributed by atoms with Gasteiger partial charge in [0.1, 0.15) is 0 Å². The first-order valence-electron chi connectivity index (χ1n) is 5.29. The number of carbonyl (C=O) groups is 2. The predicted molar refractivity (Wildman–Crippen MR) is 68.7 cm³/mol. The first-order valence-corrected chi connectivity index (χ1v) is 6.08. The minimum Gasteiger partial charge on any atom is -0.478 e. The molecule has 110 valence electrons. The molecule has 1 aromatic carbocycles. The molecule has 0 atom stereocenters. The maximum atomic E-state index is 11.9. The number of alkyl halides is 3. The number of halogens is 4. The van der Waals surface area contributed by atoms with Crippen LogP contribution in [0.25, 0.3) is 0 Å². The lowest BCUT2D eigenvalue weighted by atomic mass is 10.2. The Morgan fingerprint density at radius 3 is 2.50 bits per heavy atom. The third-order valence-electron chi connectivity index (χ3n) is 2.10. The van der Waals surface area contributed by atoms with Crippen LogP contribution in [0.3, 0.4) is 0 Å². The van der Waals surface area contributed by atoms with Crippen LogP contribution in [0.1, 0.15) is 10.4 Å². The molecule has 20 heavy (non-hydrogen) atoms. The second kappa shape index (κ2) is 6.71. The van der Waals surface area contributed by atoms with E-state index < -0.39 is 31.1 Å². The Kier molecular flexibility index (Phi) is 5.52. The highest BCUT2D eigenvalue weighted by Crippen LogP contribution is 2.21. The fraction of sp³-hybridized carbons (Fsp3) is 0.273. The van der Waals surface area contributed by atoms with Crippen LogP contribution < -0.4 is 10.6 Å². The van der Waals surface area contributed by atoms with Crippen molar-refractivity contribution in [1.82, 2.24) is 5.32 Å². The standard InChI is InChI=1S/C11H10BrF3N2O3/c12-6-1-2-8(7(3-6)10(19)20)17-9(18)4-16-5-11(13,14)15/h1-3,16H,4-5H2,(H,17,18)(H,19,20). The summed E-state index contributed by atoms with van der Waals surface area (Å²) in [6.45, 7) is -1.87. The average Bonchev–Trinajstić information content (AvgIpc) is 2.29. The number of carbonyl (C=O) groups excluding carboxylic acids is 1. The van der Waals surface area contributed by atoms with Crippen molar-refractivity contribution in [1.29, 1.82) is 0 Å². The molecule has 0 aromatic heterocycles. The van der Waals surface area contributed by atoms with Gasteiger partial charge in [0.25, 0.3) is 0 Å². The van der Waals surface area contributed by atoms with Gasteiger partial charge in [0.15, 0.2) is 0 Å². The Labute approximate surface area is 120 Å². The second-order valence-corrected chi connectivity index (χ2v) is 4.68. The molecule has 9 heteroatoms. The number of hydrogen-bond donors (Lipinski definition) is 3. The van der Waals surface area contributed by atoms with Gasteiger partial charge in [0.2, 0.25) is 5.91 Å². The molecule has 0 aliphatic carbocycles. The zero-order valence-electron chi connectivity index (χ0n) is 9.92. The minimum absolute atomic E-state index is 0.0134. The van der Waals surface area contributed by atoms with Crippen LogP contribution in [-0.2, 0) is 4.79 Å². The van der Waals surface area contributed by atoms with E-state index >= 15 is 0 Å². The molecular weight excluding hydrogens is 345 g/mol. The summed E-state index contributed by atoms with van der Waals surface area (Å²) in [5.74, 6) is -2.02. The van der Waals surface area contributed by atoms with Gasteiger partial charge in [-0.25, -0.2) is 4.79 Å². The van der Waals surface area contributed by atoms with Gasteiger partial charge in [0, 0.05) is 4.47 Å². The molecule has 5 nitrogen and oxygen atoms in total. The van der Waals surface area contributed by atoms with Crippen LogP contribution in [-0.4, -0.2) is 36.2 Å². The van der Waals surface area contributed by atoms with E-state index in [0.717, 1.165) is 0 Å². The summed E-state index contributed by atoms with van der Waals surface area (Å²) in [5.41, 5.74) is -0.150. The molecule has 0 saturated carbocycles. The van der Waals surface area contributed by atoms with Crippen molar-refractivity contribution in [2.75, 3.05) is 18.4 Å². The van der Waals surface area contributed by atoms with E-state index in [1.807, 2.05) is 5.32 Å². The molecule has 0 aliphatic heterocycles. The summed E-state index contributed by atoms with van der Waals surface area (Å²) < 4.78 is 36.1. The molecule has 0 fully saturated rings. The van der Waals surface area contributed by atoms with Crippen LogP contribution in [0.5, 0.6) is 0 Å². The number of carboxylic acid groups (broad SMARTS) is 1. The molecule has 0 radical (unpaired) electrons. The first kappa shape index (κ1) is 16.4. The molecule has 1 rings (SSSR count). The molecule has 1 aromatic rings. The summed E-state index contributed by atoms with van der Waals surface area (Å²) in [6, 6.07) is 4.13. The maximum Gasteiger partial charge on any atom is 0.401 e. The minimum atomic E-state index is -4.41. The van der Waals surface area contributed by atoms with Crippen molar-refractivity contribution in [3.63, 3.8) is 0 Å². The second-order valence-electron chi connectivity index (χ2n) is 3.76. The van der Waals surface area contributed by atoms with E-state index in [9.17, 15) is 22.8 Å². The van der Waals surface area contributed by atoms with E-state index in [1.165, 1.54) is 18.2 Å². The van der Waals surface area contributed by atoms with Gasteiger partial charge in [-0.1, -0.05) is 15.9 Å². The van der Waals surface area contributed by atoms with Crippen molar-refractivity contribution in [3.05, 3.63) is 28.2 Å². The fourth-order valence-corrected chi connectivity index (χ4v) is 1.68. The van der Waals surface area contributed by atoms with Crippen LogP contribution in [0, 0.1) is 0 Å². The summed E-state index contributed by atoms with van der Waals surface area (Å²) in [7, 11) is 0. The van der Waals surface area contributed by atoms with Crippen LogP contribution in [0.4, 0.5) is 18.9 Å². The maximum absolute atomic E-state index is 11.9. The van der Waals surface area contributed by atoms with Gasteiger partial charge < -0.3 is 15.7 Å². The van der Waals surface area contributed by atoms with Crippen molar-refractivity contribution in [3.8, 4) is 0 Å². The van der Waals surface area contributed by atoms with Gasteiger partial charge in [-0.05, 0) is 18.2 Å². The van der Waals surface area contributed by atoms with Crippen molar-refractivity contribution >= 4 is 33.5 Å². The number of benzene rings is 1. The quantitative estimate of drug-likeness (QED) is 0.757. The number of nitrogens with one attached hydrogen (secondary N) is 2. The predicted octanol–water partition coefficient (Wildman–Crippen LogP) is 2.24. The molecule has 0 unspecified atom stereocenters. The summed E-state index contributed by atoms with van der Waals surface area (Å²) in [5, 5.41) is 13.1. The van der Waals surface area contributed by atoms with Crippen LogP contribution in [0.15, 0.2) is 22.7 Å². The molecule has 1 amide bonds. The summed E-state index contributed by atoms with van der Waals surface area (Å²) in [6.07, 6.45) is -4.41. The molecule has 0 heterocycles. The third kappa shape index (κ3) is 5.57. The molecule has 0 aliphatic rings. The number of rotatable bonds is 5. The van der Waals surface area contributed by atoms with Crippen LogP contribution in [0.2, 0.25) is 0 Å². The highest BCUT2D eigenvalue weighted by Gasteiger charge is 2.26. The van der Waals surface area contributed by atoms with E-state index in [-0.39, 0.29) is 11.3 Å². The van der Waals surface area contributed by atoms with E-state index in [4.69, 9.17) is 5.11 Å². The molecule has 0 bridgehead atoms. The monoisotopic (exact) mass is 354 g/mol. The van der Waals surface area contributed by atoms with Crippen molar-refractivity contribution in [2.24, 2.45) is 0 Å². The third-order valence-corrected chi connectivity index (χ3v) is 2.59. The number of aromatic carboxylic acids is 1. The lowest BCUT2D eigenvalue weighted by Gasteiger charge is -2.10. The highest BCUT2D eigenvalue weighted by molar-refractivity contribution is 9.10. The van der Waals surface area contributed by atoms with Crippen molar-refractivity contribution in [2.45, 2.75) is 6.18 Å². The van der Waals surface area contributed by atoms with Gasteiger partial charge in [0.05, 0.1) is 24.3 Å². The smallest absolute Gasteiger partial charge is 0.401 e. The number of amides is 1. The topological polar surface area (TPSA) is 78.4 Å². The Hall–Kier alpha value is -1.61. The van der Waals surface area contributed by atoms with E-state index in [2.05, 4.69) is 21.2 Å². The lowest BCUT2D eigenvalue weighted by Crippen LogP contribution is -2.35. The molecule has 0 saturated heterocycles. The number of anilines is 1. The average molecular weight is 355 g/mol. The van der Waals surface area contributed by atoms with Crippen molar-refractivity contribution < 1.29 is 27.9 Å². The zero-order valence-corrected chi connectivity index (χ0v) is 11.5. The van der Waals surface area contributed by atoms with E-state index in [0.29, 0.717) is 4.47 Å². The summed E-state index contributed by atoms with van der Waals surface area (Å²) in [4.78, 5) is 22.4. The Morgan fingerprint density at radius 2 is 1.95 bits per heavy atom. The van der Waals surface area contributed by atoms with Gasteiger partial charge in [-0.2, -0.15) is 13.2 Å². The molecular formula is C11H10BrF3N2O3. The largest absolute Gasteiger partial charge is 0.478 e. The zero-order chi connectivity index (χ0) is 15.3. The normalized spacial score (nSPS) is 11.2. The molecule has 0 spiro atoms. The Balaban J connectivity index is 2.64. The number of hydrogen-bond acceptors (Lipinski definition) is 3. The lowest BCUT2D eigenvalue weighted by molar-refractivity contribution is -0.126. The van der Waals surface area contributed by atoms with Gasteiger partial charge >= 0.3 is 12.1 Å².